The van der Waals surface area contributed by atoms with Crippen molar-refractivity contribution in [1.29, 1.82) is 0 Å². The molecule has 0 radical (unpaired) electrons. The number of likely N-dealkylation sites (tertiary alicyclic amines) is 1. The Balaban J connectivity index is 0.662. The number of alkyl halides is 2. The summed E-state index contributed by atoms with van der Waals surface area (Å²) >= 11 is 0. The molecule has 398 valence electrons. The van der Waals surface area contributed by atoms with Crippen LogP contribution in [0.1, 0.15) is 77.6 Å². The summed E-state index contributed by atoms with van der Waals surface area (Å²) in [7, 11) is 1.75. The van der Waals surface area contributed by atoms with Crippen LogP contribution in [0.15, 0.2) is 120 Å². The van der Waals surface area contributed by atoms with E-state index in [1.807, 2.05) is 80.6 Å². The number of carbonyl (C=O) groups is 4. The summed E-state index contributed by atoms with van der Waals surface area (Å²) in [6.45, 7) is 5.53. The molecule has 2 aliphatic heterocycles. The van der Waals surface area contributed by atoms with Crippen LogP contribution >= 0.6 is 0 Å². The molecule has 5 heterocycles. The lowest BCUT2D eigenvalue weighted by atomic mass is 9.90. The molecule has 7 aromatic rings. The molecule has 1 aliphatic carbocycles. The van der Waals surface area contributed by atoms with Crippen molar-refractivity contribution in [1.82, 2.24) is 45.2 Å². The van der Waals surface area contributed by atoms with Gasteiger partial charge in [0, 0.05) is 62.9 Å². The number of benzene rings is 4. The van der Waals surface area contributed by atoms with Crippen molar-refractivity contribution >= 4 is 40.5 Å². The van der Waals surface area contributed by atoms with Gasteiger partial charge in [-0.15, -0.1) is 8.78 Å². The Hall–Kier alpha value is -8.36. The van der Waals surface area contributed by atoms with Gasteiger partial charge in [0.05, 0.1) is 41.8 Å². The molecule has 0 unspecified atom stereocenters. The minimum absolute atomic E-state index is 0.0327. The van der Waals surface area contributed by atoms with Gasteiger partial charge >= 0.3 is 6.29 Å². The van der Waals surface area contributed by atoms with Crippen molar-refractivity contribution in [2.24, 2.45) is 7.05 Å². The van der Waals surface area contributed by atoms with Gasteiger partial charge in [0.2, 0.25) is 17.7 Å². The molecule has 18 nitrogen and oxygen atoms in total. The highest BCUT2D eigenvalue weighted by atomic mass is 19.3. The molecular weight excluding hydrogens is 991 g/mol. The van der Waals surface area contributed by atoms with Crippen molar-refractivity contribution in [2.45, 2.75) is 82.3 Å². The van der Waals surface area contributed by atoms with Crippen LogP contribution in [0.2, 0.25) is 0 Å². The molecule has 1 atom stereocenters. The van der Waals surface area contributed by atoms with Crippen molar-refractivity contribution < 1.29 is 42.5 Å². The average Bonchev–Trinajstić information content (AvgIpc) is 4.12. The molecule has 10 rings (SSSR count). The first-order valence-corrected chi connectivity index (χ1v) is 25.6. The molecule has 4 amide bonds. The Kier molecular flexibility index (Phi) is 14.4. The van der Waals surface area contributed by atoms with E-state index >= 15 is 0 Å². The van der Waals surface area contributed by atoms with Gasteiger partial charge in [0.1, 0.15) is 11.3 Å². The second kappa shape index (κ2) is 21.3. The van der Waals surface area contributed by atoms with Crippen LogP contribution in [-0.2, 0) is 39.9 Å². The number of anilines is 1. The zero-order valence-corrected chi connectivity index (χ0v) is 42.8. The number of carbonyl (C=O) groups excluding carboxylic acids is 4. The smallest absolute Gasteiger partial charge is 0.395 e. The first-order valence-electron chi connectivity index (χ1n) is 25.6. The number of nitrogens with zero attached hydrogens (tertiary/aromatic N) is 6. The topological polar surface area (TPSA) is 224 Å². The third kappa shape index (κ3) is 11.4. The summed E-state index contributed by atoms with van der Waals surface area (Å²) in [6, 6.07) is 32.3. The van der Waals surface area contributed by atoms with E-state index in [0.29, 0.717) is 85.3 Å². The van der Waals surface area contributed by atoms with Crippen LogP contribution < -0.4 is 36.3 Å². The van der Waals surface area contributed by atoms with Gasteiger partial charge in [-0.3, -0.25) is 33.2 Å². The van der Waals surface area contributed by atoms with Crippen LogP contribution in [0.25, 0.3) is 33.5 Å². The molecule has 1 saturated carbocycles. The standard InChI is InChI=1S/C57H58F2N10O8/c1-35-12-19-45(65-54(74)56(20-21-56)42-17-18-43-44(30-42)77-57(58,59)76-43)64-48(35)40-10-7-11-41(29-40)52(72)62-25-24-61-46(70)32-60-31-37-13-15-39(16-14-37)51-49-50(66-67(51)3)53(73)69(34-63-49)33-55(75)22-26-68(27-23-55)47(71)28-36(2)38-8-5-4-6-9-38/h4-19,29-30,34,36,60,75H,20-28,31-33H2,1-3H3,(H,61,70)(H,62,72)(H,64,65,74)/t36-/m1/s1. The Morgan fingerprint density at radius 1 is 0.818 bits per heavy atom. The van der Waals surface area contributed by atoms with E-state index in [1.54, 1.807) is 47.0 Å². The highest BCUT2D eigenvalue weighted by molar-refractivity contribution is 6.01. The number of ether oxygens (including phenoxy) is 2. The number of fused-ring (bicyclic) bond motifs is 2. The highest BCUT2D eigenvalue weighted by Gasteiger charge is 2.53. The monoisotopic (exact) mass is 1050 g/mol. The predicted octanol–water partition coefficient (Wildman–Crippen LogP) is 6.34. The SMILES string of the molecule is Cc1ccc(NC(=O)C2(c3ccc4c(c3)OC(F)(F)O4)CC2)nc1-c1cccc(C(=O)NCCNC(=O)CNCc2ccc(-c3c4ncn(CC5(O)CCN(C(=O)C[C@@H](C)c6ccccc6)CC5)c(=O)c4nn3C)cc2)c1. The summed E-state index contributed by atoms with van der Waals surface area (Å²) in [5, 5.41) is 27.7. The van der Waals surface area contributed by atoms with Crippen LogP contribution in [0, 0.1) is 6.92 Å². The fourth-order valence-corrected chi connectivity index (χ4v) is 10.1. The van der Waals surface area contributed by atoms with Crippen LogP contribution in [0.4, 0.5) is 14.6 Å². The Labute approximate surface area is 441 Å². The Morgan fingerprint density at radius 2 is 1.56 bits per heavy atom. The van der Waals surface area contributed by atoms with Crippen molar-refractivity contribution in [2.75, 3.05) is 38.0 Å². The molecule has 5 N–H and O–H groups in total. The van der Waals surface area contributed by atoms with Crippen molar-refractivity contribution in [3.63, 3.8) is 0 Å². The minimum atomic E-state index is -3.76. The number of amides is 4. The van der Waals surface area contributed by atoms with E-state index in [0.717, 1.165) is 22.3 Å². The number of halogens is 2. The Bertz CT molecular complexity index is 3450. The first kappa shape index (κ1) is 52.1. The normalized spacial score (nSPS) is 16.2. The number of aliphatic hydroxyl groups is 1. The van der Waals surface area contributed by atoms with E-state index in [4.69, 9.17) is 4.98 Å². The van der Waals surface area contributed by atoms with Crippen LogP contribution in [0.3, 0.4) is 0 Å². The van der Waals surface area contributed by atoms with Gasteiger partial charge in [-0.05, 0) is 91.1 Å². The largest absolute Gasteiger partial charge is 0.586 e. The van der Waals surface area contributed by atoms with Gasteiger partial charge in [-0.25, -0.2) is 9.97 Å². The zero-order valence-electron chi connectivity index (χ0n) is 42.8. The molecule has 20 heteroatoms. The van der Waals surface area contributed by atoms with Crippen LogP contribution in [0.5, 0.6) is 11.5 Å². The summed E-state index contributed by atoms with van der Waals surface area (Å²) in [4.78, 5) is 77.5. The van der Waals surface area contributed by atoms with Gasteiger partial charge in [0.15, 0.2) is 17.0 Å². The van der Waals surface area contributed by atoms with Gasteiger partial charge < -0.3 is 40.7 Å². The molecule has 3 aliphatic rings. The second-order valence-electron chi connectivity index (χ2n) is 20.2. The third-order valence-electron chi connectivity index (χ3n) is 14.6. The fraction of sp³-hybridized carbons (Fsp3) is 0.333. The molecule has 4 aromatic carbocycles. The number of hydrogen-bond acceptors (Lipinski definition) is 12. The number of pyridine rings is 1. The summed E-state index contributed by atoms with van der Waals surface area (Å²) in [6.07, 6.45) is -0.238. The average molecular weight is 1050 g/mol. The molecule has 0 spiro atoms. The number of piperidine rings is 1. The number of aryl methyl sites for hydroxylation is 2. The first-order chi connectivity index (χ1) is 37.0. The number of nitrogens with one attached hydrogen (secondary N) is 4. The van der Waals surface area contributed by atoms with Crippen molar-refractivity contribution in [3.8, 4) is 34.0 Å². The molecule has 1 saturated heterocycles. The predicted molar refractivity (Wildman–Crippen MR) is 282 cm³/mol. The molecule has 2 fully saturated rings. The van der Waals surface area contributed by atoms with Gasteiger partial charge in [-0.2, -0.15) is 5.10 Å². The Morgan fingerprint density at radius 3 is 2.31 bits per heavy atom. The number of hydrogen-bond donors (Lipinski definition) is 5. The quantitative estimate of drug-likeness (QED) is 0.0594. The maximum Gasteiger partial charge on any atom is 0.586 e. The van der Waals surface area contributed by atoms with E-state index in [-0.39, 0.29) is 84.1 Å². The summed E-state index contributed by atoms with van der Waals surface area (Å²) < 4.78 is 39.4. The van der Waals surface area contributed by atoms with E-state index < -0.39 is 17.3 Å². The van der Waals surface area contributed by atoms with Crippen LogP contribution in [-0.4, -0.2) is 103 Å². The lowest BCUT2D eigenvalue weighted by Crippen LogP contribution is -2.49. The molecular formula is C57H58F2N10O8. The highest BCUT2D eigenvalue weighted by Crippen LogP contribution is 2.52. The molecule has 77 heavy (non-hydrogen) atoms. The second-order valence-corrected chi connectivity index (χ2v) is 20.2. The van der Waals surface area contributed by atoms with Gasteiger partial charge in [-0.1, -0.05) is 85.8 Å². The lowest BCUT2D eigenvalue weighted by Gasteiger charge is -2.38. The zero-order chi connectivity index (χ0) is 54.1. The summed E-state index contributed by atoms with van der Waals surface area (Å²) in [5.74, 6) is -0.745. The number of aromatic nitrogens is 5. The van der Waals surface area contributed by atoms with Gasteiger partial charge in [0.25, 0.3) is 11.5 Å². The molecule has 3 aromatic heterocycles. The molecule has 0 bridgehead atoms. The fourth-order valence-electron chi connectivity index (χ4n) is 10.1. The maximum atomic E-state index is 13.7. The van der Waals surface area contributed by atoms with E-state index in [1.165, 1.54) is 23.0 Å². The number of rotatable bonds is 18. The van der Waals surface area contributed by atoms with Crippen molar-refractivity contribution in [3.05, 3.63) is 154 Å². The van der Waals surface area contributed by atoms with E-state index in [9.17, 15) is 37.9 Å². The maximum absolute atomic E-state index is 13.7. The lowest BCUT2D eigenvalue weighted by molar-refractivity contribution is -0.286. The van der Waals surface area contributed by atoms with E-state index in [2.05, 4.69) is 40.8 Å². The third-order valence-corrected chi connectivity index (χ3v) is 14.6. The summed E-state index contributed by atoms with van der Waals surface area (Å²) in [5.41, 5.74) is 4.52. The minimum Gasteiger partial charge on any atom is -0.395 e.